The quantitative estimate of drug-likeness (QED) is 0.752. The molecule has 0 spiro atoms. The average molecular weight is 428 g/mol. The first-order valence-corrected chi connectivity index (χ1v) is 10.1. The highest BCUT2D eigenvalue weighted by molar-refractivity contribution is 6.06. The number of methoxy groups -OCH3 is 2. The van der Waals surface area contributed by atoms with Gasteiger partial charge in [-0.2, -0.15) is 0 Å². The molecule has 2 aromatic rings. The first-order valence-electron chi connectivity index (χ1n) is 10.1. The van der Waals surface area contributed by atoms with E-state index in [2.05, 4.69) is 0 Å². The molecule has 4 atom stereocenters. The molecule has 3 aliphatic rings. The highest BCUT2D eigenvalue weighted by Crippen LogP contribution is 2.52. The minimum Gasteiger partial charge on any atom is -0.493 e. The molecule has 8 nitrogen and oxygen atoms in total. The van der Waals surface area contributed by atoms with Crippen LogP contribution >= 0.6 is 0 Å². The zero-order chi connectivity index (χ0) is 22.1. The lowest BCUT2D eigenvalue weighted by Crippen LogP contribution is -2.49. The number of ether oxygens (including phenoxy) is 5. The van der Waals surface area contributed by atoms with Gasteiger partial charge in [0.25, 0.3) is 0 Å². The van der Waals surface area contributed by atoms with Crippen molar-refractivity contribution in [1.82, 2.24) is 0 Å². The third kappa shape index (κ3) is 2.78. The van der Waals surface area contributed by atoms with Crippen LogP contribution in [0, 0.1) is 0 Å². The number of Topliss-reactive ketones (excluding diaryl/α,β-unsaturated/α-hetero) is 1. The SMILES string of the molecule is COc1cc2c(cc1OC)[C@@H]1C(=O)c3ccc4c(c3O[C@@H]1CO2)[C@H](O)[C@@H](O)C(C)(C)O4. The largest absolute Gasteiger partial charge is 0.493 e. The predicted molar refractivity (Wildman–Crippen MR) is 109 cm³/mol. The molecule has 0 aliphatic carbocycles. The maximum atomic E-state index is 13.6. The standard InChI is InChI=1S/C23H24O8/c1-23(2)22(26)20(25)18-12(31-23)6-5-10-19(24)17-11-7-14(27-3)15(28-4)8-13(11)29-9-16(17)30-21(10)18/h5-8,16-17,20,22,25-26H,9H2,1-4H3/t16-,17+,20+,22-/m1/s1. The fourth-order valence-corrected chi connectivity index (χ4v) is 4.60. The summed E-state index contributed by atoms with van der Waals surface area (Å²) in [6.07, 6.45) is -3.03. The van der Waals surface area contributed by atoms with E-state index in [4.69, 9.17) is 23.7 Å². The van der Waals surface area contributed by atoms with E-state index in [1.165, 1.54) is 14.2 Å². The number of carbonyl (C=O) groups excluding carboxylic acids is 1. The molecule has 0 radical (unpaired) electrons. The molecule has 0 unspecified atom stereocenters. The van der Waals surface area contributed by atoms with Gasteiger partial charge in [0.05, 0.1) is 31.3 Å². The first-order chi connectivity index (χ1) is 14.8. The lowest BCUT2D eigenvalue weighted by atomic mass is 9.79. The molecule has 3 heterocycles. The van der Waals surface area contributed by atoms with Gasteiger partial charge in [0.1, 0.15) is 47.8 Å². The Morgan fingerprint density at radius 2 is 1.77 bits per heavy atom. The molecule has 31 heavy (non-hydrogen) atoms. The highest BCUT2D eigenvalue weighted by atomic mass is 16.5. The van der Waals surface area contributed by atoms with Gasteiger partial charge in [0, 0.05) is 11.6 Å². The van der Waals surface area contributed by atoms with E-state index in [0.717, 1.165) is 0 Å². The summed E-state index contributed by atoms with van der Waals surface area (Å²) in [6, 6.07) is 6.72. The predicted octanol–water partition coefficient (Wildman–Crippen LogP) is 2.39. The van der Waals surface area contributed by atoms with Crippen molar-refractivity contribution in [1.29, 1.82) is 0 Å². The molecule has 5 rings (SSSR count). The Bertz CT molecular complexity index is 1080. The smallest absolute Gasteiger partial charge is 0.178 e. The lowest BCUT2D eigenvalue weighted by molar-refractivity contribution is -0.113. The Labute approximate surface area is 179 Å². The molecular formula is C23H24O8. The van der Waals surface area contributed by atoms with Crippen LogP contribution in [0.15, 0.2) is 24.3 Å². The van der Waals surface area contributed by atoms with Crippen LogP contribution in [0.3, 0.4) is 0 Å². The number of rotatable bonds is 2. The Balaban J connectivity index is 1.62. The van der Waals surface area contributed by atoms with E-state index >= 15 is 0 Å². The summed E-state index contributed by atoms with van der Waals surface area (Å²) in [4.78, 5) is 13.6. The number of hydrogen-bond acceptors (Lipinski definition) is 8. The molecule has 164 valence electrons. The van der Waals surface area contributed by atoms with Gasteiger partial charge in [0.2, 0.25) is 0 Å². The van der Waals surface area contributed by atoms with E-state index in [0.29, 0.717) is 34.1 Å². The van der Waals surface area contributed by atoms with Crippen molar-refractivity contribution in [3.63, 3.8) is 0 Å². The van der Waals surface area contributed by atoms with Crippen LogP contribution in [0.5, 0.6) is 28.7 Å². The van der Waals surface area contributed by atoms with Crippen molar-refractivity contribution in [3.8, 4) is 28.7 Å². The molecule has 2 aromatic carbocycles. The van der Waals surface area contributed by atoms with Crippen molar-refractivity contribution >= 4 is 5.78 Å². The average Bonchev–Trinajstić information content (AvgIpc) is 2.75. The van der Waals surface area contributed by atoms with Crippen LogP contribution in [0.1, 0.15) is 47.4 Å². The van der Waals surface area contributed by atoms with E-state index < -0.39 is 29.8 Å². The maximum absolute atomic E-state index is 13.6. The third-order valence-corrected chi connectivity index (χ3v) is 6.28. The van der Waals surface area contributed by atoms with Crippen LogP contribution in [0.4, 0.5) is 0 Å². The minimum absolute atomic E-state index is 0.146. The van der Waals surface area contributed by atoms with Gasteiger partial charge >= 0.3 is 0 Å². The number of hydrogen-bond donors (Lipinski definition) is 2. The van der Waals surface area contributed by atoms with E-state index in [9.17, 15) is 15.0 Å². The van der Waals surface area contributed by atoms with Gasteiger partial charge in [-0.15, -0.1) is 0 Å². The second-order valence-corrected chi connectivity index (χ2v) is 8.50. The first kappa shape index (κ1) is 20.0. The molecule has 3 aliphatic heterocycles. The monoisotopic (exact) mass is 428 g/mol. The Kier molecular flexibility index (Phi) is 4.36. The number of benzene rings is 2. The highest BCUT2D eigenvalue weighted by Gasteiger charge is 2.49. The Hall–Kier alpha value is -2.97. The van der Waals surface area contributed by atoms with Crippen molar-refractivity contribution in [2.24, 2.45) is 0 Å². The topological polar surface area (TPSA) is 104 Å². The molecule has 0 saturated carbocycles. The van der Waals surface area contributed by atoms with Gasteiger partial charge in [0.15, 0.2) is 17.3 Å². The van der Waals surface area contributed by atoms with Gasteiger partial charge in [-0.3, -0.25) is 4.79 Å². The van der Waals surface area contributed by atoms with Crippen LogP contribution in [0.25, 0.3) is 0 Å². The normalized spacial score (nSPS) is 27.4. The summed E-state index contributed by atoms with van der Waals surface area (Å²) in [5, 5.41) is 21.3. The third-order valence-electron chi connectivity index (χ3n) is 6.28. The maximum Gasteiger partial charge on any atom is 0.178 e. The minimum atomic E-state index is -1.25. The molecule has 8 heteroatoms. The van der Waals surface area contributed by atoms with E-state index in [1.54, 1.807) is 38.1 Å². The molecule has 0 bridgehead atoms. The lowest BCUT2D eigenvalue weighted by Gasteiger charge is -2.43. The Morgan fingerprint density at radius 3 is 2.48 bits per heavy atom. The van der Waals surface area contributed by atoms with Crippen LogP contribution < -0.4 is 23.7 Å². The van der Waals surface area contributed by atoms with Crippen molar-refractivity contribution in [2.45, 2.75) is 43.7 Å². The molecule has 0 fully saturated rings. The van der Waals surface area contributed by atoms with Crippen molar-refractivity contribution < 1.29 is 38.7 Å². The summed E-state index contributed by atoms with van der Waals surface area (Å²) in [7, 11) is 3.06. The fourth-order valence-electron chi connectivity index (χ4n) is 4.60. The molecule has 0 amide bonds. The van der Waals surface area contributed by atoms with Gasteiger partial charge in [-0.05, 0) is 32.0 Å². The number of carbonyl (C=O) groups is 1. The summed E-state index contributed by atoms with van der Waals surface area (Å²) >= 11 is 0. The van der Waals surface area contributed by atoms with Crippen LogP contribution in [-0.4, -0.2) is 54.6 Å². The van der Waals surface area contributed by atoms with Gasteiger partial charge < -0.3 is 33.9 Å². The summed E-state index contributed by atoms with van der Waals surface area (Å²) in [5.41, 5.74) is 0.288. The summed E-state index contributed by atoms with van der Waals surface area (Å²) < 4.78 is 28.7. The van der Waals surface area contributed by atoms with Gasteiger partial charge in [-0.1, -0.05) is 0 Å². The van der Waals surface area contributed by atoms with Crippen LogP contribution in [0.2, 0.25) is 0 Å². The zero-order valence-electron chi connectivity index (χ0n) is 17.7. The van der Waals surface area contributed by atoms with Crippen molar-refractivity contribution in [3.05, 3.63) is 41.0 Å². The molecule has 0 aromatic heterocycles. The number of fused-ring (bicyclic) bond motifs is 6. The number of aliphatic hydroxyl groups excluding tert-OH is 2. The summed E-state index contributed by atoms with van der Waals surface area (Å²) in [6.45, 7) is 3.53. The second kappa shape index (κ2) is 6.77. The van der Waals surface area contributed by atoms with Crippen LogP contribution in [-0.2, 0) is 0 Å². The van der Waals surface area contributed by atoms with E-state index in [-0.39, 0.29) is 23.7 Å². The van der Waals surface area contributed by atoms with Crippen molar-refractivity contribution in [2.75, 3.05) is 20.8 Å². The van der Waals surface area contributed by atoms with Gasteiger partial charge in [-0.25, -0.2) is 0 Å². The molecule has 0 saturated heterocycles. The number of ketones is 1. The van der Waals surface area contributed by atoms with E-state index in [1.807, 2.05) is 0 Å². The summed E-state index contributed by atoms with van der Waals surface area (Å²) in [5.74, 6) is 1.40. The molecular weight excluding hydrogens is 404 g/mol. The fraction of sp³-hybridized carbons (Fsp3) is 0.435. The molecule has 2 N–H and O–H groups in total. The number of aliphatic hydroxyl groups is 2. The zero-order valence-corrected chi connectivity index (χ0v) is 17.7. The second-order valence-electron chi connectivity index (χ2n) is 8.50. The Morgan fingerprint density at radius 1 is 1.06 bits per heavy atom.